The molecule has 0 amide bonds. The van der Waals surface area contributed by atoms with Crippen molar-refractivity contribution in [1.29, 1.82) is 0 Å². The lowest BCUT2D eigenvalue weighted by atomic mass is 10.2. The van der Waals surface area contributed by atoms with Crippen LogP contribution in [0.15, 0.2) is 18.2 Å². The van der Waals surface area contributed by atoms with Crippen molar-refractivity contribution >= 4 is 44.0 Å². The lowest BCUT2D eigenvalue weighted by molar-refractivity contribution is 0.285. The SMILES string of the molecule is Cc1ccc(I)c2cc(CO)sc12. The minimum absolute atomic E-state index is 0.148. The molecule has 0 unspecified atom stereocenters. The first-order chi connectivity index (χ1) is 6.22. The van der Waals surface area contributed by atoms with E-state index in [1.165, 1.54) is 19.2 Å². The summed E-state index contributed by atoms with van der Waals surface area (Å²) < 4.78 is 2.56. The maximum atomic E-state index is 9.03. The Morgan fingerprint density at radius 2 is 2.23 bits per heavy atom. The Kier molecular flexibility index (Phi) is 2.58. The Hall–Kier alpha value is -0.130. The van der Waals surface area contributed by atoms with Gasteiger partial charge in [-0.25, -0.2) is 0 Å². The van der Waals surface area contributed by atoms with Gasteiger partial charge in [0.05, 0.1) is 6.61 Å². The van der Waals surface area contributed by atoms with Gasteiger partial charge in [0.15, 0.2) is 0 Å². The number of aliphatic hydroxyl groups excluding tert-OH is 1. The molecule has 0 aliphatic carbocycles. The predicted octanol–water partition coefficient (Wildman–Crippen LogP) is 3.31. The summed E-state index contributed by atoms with van der Waals surface area (Å²) in [6, 6.07) is 6.32. The van der Waals surface area contributed by atoms with E-state index in [0.29, 0.717) is 0 Å². The number of rotatable bonds is 1. The van der Waals surface area contributed by atoms with Gasteiger partial charge in [-0.3, -0.25) is 0 Å². The smallest absolute Gasteiger partial charge is 0.0774 e. The molecule has 0 atom stereocenters. The van der Waals surface area contributed by atoms with E-state index in [0.717, 1.165) is 4.88 Å². The second-order valence-electron chi connectivity index (χ2n) is 2.98. The van der Waals surface area contributed by atoms with Gasteiger partial charge in [0.1, 0.15) is 0 Å². The molecule has 1 nitrogen and oxygen atoms in total. The van der Waals surface area contributed by atoms with Crippen molar-refractivity contribution in [3.8, 4) is 0 Å². The molecule has 1 aromatic carbocycles. The minimum atomic E-state index is 0.148. The van der Waals surface area contributed by atoms with Crippen LogP contribution < -0.4 is 0 Å². The summed E-state index contributed by atoms with van der Waals surface area (Å²) in [5.41, 5.74) is 1.29. The van der Waals surface area contributed by atoms with E-state index in [1.807, 2.05) is 0 Å². The first kappa shape index (κ1) is 9.43. The molecule has 2 rings (SSSR count). The van der Waals surface area contributed by atoms with Crippen LogP contribution in [0.1, 0.15) is 10.4 Å². The largest absolute Gasteiger partial charge is 0.391 e. The molecular formula is C10H9IOS. The Morgan fingerprint density at radius 3 is 2.85 bits per heavy atom. The molecule has 0 fully saturated rings. The van der Waals surface area contributed by atoms with Crippen molar-refractivity contribution in [2.24, 2.45) is 0 Å². The molecule has 0 radical (unpaired) electrons. The number of hydrogen-bond acceptors (Lipinski definition) is 2. The number of aryl methyl sites for hydroxylation is 1. The van der Waals surface area contributed by atoms with Gasteiger partial charge in [0, 0.05) is 18.5 Å². The number of aliphatic hydroxyl groups is 1. The summed E-state index contributed by atoms with van der Waals surface area (Å²) in [5, 5.41) is 10.3. The van der Waals surface area contributed by atoms with Gasteiger partial charge in [0.2, 0.25) is 0 Å². The Bertz CT molecular complexity index is 408. The Labute approximate surface area is 94.5 Å². The third-order valence-corrected chi connectivity index (χ3v) is 4.23. The zero-order valence-corrected chi connectivity index (χ0v) is 10.1. The molecule has 2 aromatic rings. The third-order valence-electron chi connectivity index (χ3n) is 2.03. The number of benzene rings is 1. The van der Waals surface area contributed by atoms with Crippen LogP contribution in [0.5, 0.6) is 0 Å². The highest BCUT2D eigenvalue weighted by molar-refractivity contribution is 14.1. The molecule has 1 aromatic heterocycles. The quantitative estimate of drug-likeness (QED) is 0.802. The van der Waals surface area contributed by atoms with Gasteiger partial charge in [-0.1, -0.05) is 6.07 Å². The van der Waals surface area contributed by atoms with Crippen molar-refractivity contribution in [2.75, 3.05) is 0 Å². The number of halogens is 1. The van der Waals surface area contributed by atoms with Crippen molar-refractivity contribution < 1.29 is 5.11 Å². The lowest BCUT2D eigenvalue weighted by Gasteiger charge is -1.96. The van der Waals surface area contributed by atoms with Crippen LogP contribution in [0.4, 0.5) is 0 Å². The van der Waals surface area contributed by atoms with Crippen molar-refractivity contribution in [2.45, 2.75) is 13.5 Å². The molecule has 0 aliphatic heterocycles. The van der Waals surface area contributed by atoms with Crippen LogP contribution in [-0.2, 0) is 6.61 Å². The lowest BCUT2D eigenvalue weighted by Crippen LogP contribution is -1.75. The summed E-state index contributed by atoms with van der Waals surface area (Å²) in [5.74, 6) is 0. The topological polar surface area (TPSA) is 20.2 Å². The fraction of sp³-hybridized carbons (Fsp3) is 0.200. The van der Waals surface area contributed by atoms with Crippen molar-refractivity contribution in [1.82, 2.24) is 0 Å². The normalized spacial score (nSPS) is 11.0. The van der Waals surface area contributed by atoms with Crippen LogP contribution >= 0.6 is 33.9 Å². The molecule has 0 saturated heterocycles. The van der Waals surface area contributed by atoms with Gasteiger partial charge in [0.25, 0.3) is 0 Å². The van der Waals surface area contributed by atoms with Crippen LogP contribution in [0.25, 0.3) is 10.1 Å². The maximum Gasteiger partial charge on any atom is 0.0774 e. The zero-order chi connectivity index (χ0) is 9.42. The highest BCUT2D eigenvalue weighted by atomic mass is 127. The summed E-state index contributed by atoms with van der Waals surface area (Å²) in [6.07, 6.45) is 0. The van der Waals surface area contributed by atoms with Crippen molar-refractivity contribution in [3.05, 3.63) is 32.2 Å². The van der Waals surface area contributed by atoms with E-state index in [1.54, 1.807) is 11.3 Å². The molecule has 0 aliphatic rings. The molecule has 1 heterocycles. The summed E-state index contributed by atoms with van der Waals surface area (Å²) in [7, 11) is 0. The fourth-order valence-electron chi connectivity index (χ4n) is 1.35. The monoisotopic (exact) mass is 304 g/mol. The molecule has 3 heteroatoms. The molecule has 68 valence electrons. The van der Waals surface area contributed by atoms with E-state index >= 15 is 0 Å². The first-order valence-corrected chi connectivity index (χ1v) is 5.90. The molecule has 0 spiro atoms. The van der Waals surface area contributed by atoms with Crippen LogP contribution in [0.2, 0.25) is 0 Å². The predicted molar refractivity (Wildman–Crippen MR) is 65.2 cm³/mol. The van der Waals surface area contributed by atoms with E-state index < -0.39 is 0 Å². The minimum Gasteiger partial charge on any atom is -0.391 e. The number of fused-ring (bicyclic) bond motifs is 1. The number of hydrogen-bond donors (Lipinski definition) is 1. The van der Waals surface area contributed by atoms with Gasteiger partial charge >= 0.3 is 0 Å². The second-order valence-corrected chi connectivity index (χ2v) is 5.28. The Morgan fingerprint density at radius 1 is 1.46 bits per heavy atom. The number of thiophene rings is 1. The summed E-state index contributed by atoms with van der Waals surface area (Å²) in [4.78, 5) is 1.04. The highest BCUT2D eigenvalue weighted by Gasteiger charge is 2.05. The molecule has 13 heavy (non-hydrogen) atoms. The highest BCUT2D eigenvalue weighted by Crippen LogP contribution is 2.31. The zero-order valence-electron chi connectivity index (χ0n) is 7.17. The van der Waals surface area contributed by atoms with Gasteiger partial charge < -0.3 is 5.11 Å². The standard InChI is InChI=1S/C10H9IOS/c1-6-2-3-9(11)8-4-7(5-12)13-10(6)8/h2-4,12H,5H2,1H3. The van der Waals surface area contributed by atoms with E-state index in [-0.39, 0.29) is 6.61 Å². The third kappa shape index (κ3) is 1.60. The molecule has 1 N–H and O–H groups in total. The average Bonchev–Trinajstić information content (AvgIpc) is 2.56. The molecule has 0 bridgehead atoms. The Balaban J connectivity index is 2.80. The summed E-state index contributed by atoms with van der Waals surface area (Å²) >= 11 is 4.01. The molecule has 0 saturated carbocycles. The fourth-order valence-corrected chi connectivity index (χ4v) is 3.15. The van der Waals surface area contributed by atoms with E-state index in [4.69, 9.17) is 5.11 Å². The van der Waals surface area contributed by atoms with E-state index in [9.17, 15) is 0 Å². The maximum absolute atomic E-state index is 9.03. The second kappa shape index (κ2) is 3.55. The van der Waals surface area contributed by atoms with Gasteiger partial charge in [-0.15, -0.1) is 11.3 Å². The van der Waals surface area contributed by atoms with Crippen molar-refractivity contribution in [3.63, 3.8) is 0 Å². The first-order valence-electron chi connectivity index (χ1n) is 4.01. The van der Waals surface area contributed by atoms with Gasteiger partial charge in [-0.2, -0.15) is 0 Å². The summed E-state index contributed by atoms with van der Waals surface area (Å²) in [6.45, 7) is 2.25. The molecular weight excluding hydrogens is 295 g/mol. The van der Waals surface area contributed by atoms with Crippen LogP contribution in [0, 0.1) is 10.5 Å². The van der Waals surface area contributed by atoms with Gasteiger partial charge in [-0.05, 0) is 47.2 Å². The van der Waals surface area contributed by atoms with Crippen LogP contribution in [0.3, 0.4) is 0 Å². The van der Waals surface area contributed by atoms with E-state index in [2.05, 4.69) is 47.7 Å². The average molecular weight is 304 g/mol. The van der Waals surface area contributed by atoms with Crippen LogP contribution in [-0.4, -0.2) is 5.11 Å².